The zero-order valence-corrected chi connectivity index (χ0v) is 33.3. The quantitative estimate of drug-likeness (QED) is 0.0210. The Hall–Kier alpha value is -5.00. The standard InChI is InChI=1S/C44H60N2O10/c1-3-5-7-9-11-13-15-17-19-21-31-53-41-29-23-35(33-39(41)45(49)50)43(47)55-37-25-27-38(28-26-37)56-44(48)36-24-30-42(40(34-36)46(51)52)54-32-22-20-18-16-14-12-10-8-6-4-2/h23-30,33-34H,3-22,31-32H2,1-2H3. The van der Waals surface area contributed by atoms with E-state index in [1.54, 1.807) is 0 Å². The number of benzene rings is 3. The van der Waals surface area contributed by atoms with Gasteiger partial charge in [0.2, 0.25) is 0 Å². The number of esters is 2. The average molecular weight is 777 g/mol. The van der Waals surface area contributed by atoms with Gasteiger partial charge < -0.3 is 18.9 Å². The first-order valence-corrected chi connectivity index (χ1v) is 20.6. The number of hydrogen-bond donors (Lipinski definition) is 0. The van der Waals surface area contributed by atoms with Crippen molar-refractivity contribution >= 4 is 23.3 Å². The van der Waals surface area contributed by atoms with Crippen molar-refractivity contribution in [2.24, 2.45) is 0 Å². The van der Waals surface area contributed by atoms with Gasteiger partial charge in [-0.15, -0.1) is 0 Å². The lowest BCUT2D eigenvalue weighted by atomic mass is 10.1. The van der Waals surface area contributed by atoms with Crippen molar-refractivity contribution in [3.05, 3.63) is 92.0 Å². The molecule has 0 saturated heterocycles. The van der Waals surface area contributed by atoms with Gasteiger partial charge in [0.15, 0.2) is 11.5 Å². The average Bonchev–Trinajstić information content (AvgIpc) is 3.19. The first-order valence-electron chi connectivity index (χ1n) is 20.6. The molecule has 306 valence electrons. The summed E-state index contributed by atoms with van der Waals surface area (Å²) in [5, 5.41) is 23.5. The Bertz CT molecular complexity index is 1520. The first kappa shape index (κ1) is 45.4. The van der Waals surface area contributed by atoms with E-state index in [1.165, 1.54) is 138 Å². The van der Waals surface area contributed by atoms with Gasteiger partial charge in [0.1, 0.15) is 11.5 Å². The minimum Gasteiger partial charge on any atom is -0.487 e. The van der Waals surface area contributed by atoms with Crippen LogP contribution in [0, 0.1) is 20.2 Å². The van der Waals surface area contributed by atoms with Crippen LogP contribution in [0.15, 0.2) is 60.7 Å². The zero-order valence-electron chi connectivity index (χ0n) is 33.3. The molecular formula is C44H60N2O10. The maximum atomic E-state index is 12.9. The molecule has 0 fully saturated rings. The Kier molecular flexibility index (Phi) is 21.7. The van der Waals surface area contributed by atoms with Crippen molar-refractivity contribution in [1.29, 1.82) is 0 Å². The van der Waals surface area contributed by atoms with Crippen molar-refractivity contribution < 1.29 is 38.4 Å². The van der Waals surface area contributed by atoms with Gasteiger partial charge in [-0.2, -0.15) is 0 Å². The van der Waals surface area contributed by atoms with E-state index in [4.69, 9.17) is 18.9 Å². The molecule has 0 saturated carbocycles. The second kappa shape index (κ2) is 26.7. The second-order valence-electron chi connectivity index (χ2n) is 14.2. The third-order valence-corrected chi connectivity index (χ3v) is 9.54. The lowest BCUT2D eigenvalue weighted by Gasteiger charge is -2.10. The highest BCUT2D eigenvalue weighted by Crippen LogP contribution is 2.31. The highest BCUT2D eigenvalue weighted by atomic mass is 16.6. The number of nitrogens with zero attached hydrogens (tertiary/aromatic N) is 2. The number of rotatable bonds is 30. The summed E-state index contributed by atoms with van der Waals surface area (Å²) in [4.78, 5) is 48.1. The van der Waals surface area contributed by atoms with Crippen molar-refractivity contribution in [3.63, 3.8) is 0 Å². The molecule has 0 amide bonds. The lowest BCUT2D eigenvalue weighted by Crippen LogP contribution is -2.11. The summed E-state index contributed by atoms with van der Waals surface area (Å²) < 4.78 is 22.2. The zero-order chi connectivity index (χ0) is 40.4. The van der Waals surface area contributed by atoms with Gasteiger partial charge in [0.25, 0.3) is 0 Å². The summed E-state index contributed by atoms with van der Waals surface area (Å²) in [6.45, 7) is 5.11. The Morgan fingerprint density at radius 1 is 0.464 bits per heavy atom. The first-order chi connectivity index (χ1) is 27.2. The Balaban J connectivity index is 1.44. The molecule has 0 aliphatic rings. The summed E-state index contributed by atoms with van der Waals surface area (Å²) in [5.41, 5.74) is -0.725. The van der Waals surface area contributed by atoms with E-state index in [0.29, 0.717) is 13.2 Å². The van der Waals surface area contributed by atoms with E-state index >= 15 is 0 Å². The number of hydrogen-bond acceptors (Lipinski definition) is 10. The normalized spacial score (nSPS) is 10.9. The third kappa shape index (κ3) is 17.2. The summed E-state index contributed by atoms with van der Waals surface area (Å²) in [7, 11) is 0. The molecule has 0 radical (unpaired) electrons. The smallest absolute Gasteiger partial charge is 0.343 e. The SMILES string of the molecule is CCCCCCCCCCCCOc1ccc(C(=O)Oc2ccc(OC(=O)c3ccc(OCCCCCCCCCCCC)c([N+](=O)[O-])c3)cc2)cc1[N+](=O)[O-]. The van der Waals surface area contributed by atoms with Crippen LogP contribution in [0.25, 0.3) is 0 Å². The molecule has 3 aromatic rings. The Morgan fingerprint density at radius 2 is 0.768 bits per heavy atom. The van der Waals surface area contributed by atoms with Crippen LogP contribution in [0.3, 0.4) is 0 Å². The molecule has 0 unspecified atom stereocenters. The summed E-state index contributed by atoms with van der Waals surface area (Å²) >= 11 is 0. The molecule has 0 spiro atoms. The molecular weight excluding hydrogens is 716 g/mol. The molecule has 0 N–H and O–H groups in total. The third-order valence-electron chi connectivity index (χ3n) is 9.54. The van der Waals surface area contributed by atoms with E-state index in [-0.39, 0.29) is 45.5 Å². The van der Waals surface area contributed by atoms with Crippen molar-refractivity contribution in [3.8, 4) is 23.0 Å². The molecule has 12 nitrogen and oxygen atoms in total. The van der Waals surface area contributed by atoms with Gasteiger partial charge in [-0.25, -0.2) is 9.59 Å². The topological polar surface area (TPSA) is 157 Å². The lowest BCUT2D eigenvalue weighted by molar-refractivity contribution is -0.386. The number of nitro groups is 2. The minimum atomic E-state index is -0.818. The van der Waals surface area contributed by atoms with Gasteiger partial charge >= 0.3 is 23.3 Å². The maximum Gasteiger partial charge on any atom is 0.343 e. The van der Waals surface area contributed by atoms with Crippen molar-refractivity contribution in [1.82, 2.24) is 0 Å². The van der Waals surface area contributed by atoms with Crippen LogP contribution in [0.5, 0.6) is 23.0 Å². The van der Waals surface area contributed by atoms with Gasteiger partial charge in [-0.3, -0.25) is 20.2 Å². The molecule has 0 aromatic heterocycles. The molecule has 3 rings (SSSR count). The highest BCUT2D eigenvalue weighted by Gasteiger charge is 2.22. The number of nitro benzene ring substituents is 2. The summed E-state index contributed by atoms with van der Waals surface area (Å²) in [5.74, 6) is -1.24. The van der Waals surface area contributed by atoms with Gasteiger partial charge in [0, 0.05) is 12.1 Å². The van der Waals surface area contributed by atoms with E-state index in [0.717, 1.165) is 50.7 Å². The molecule has 56 heavy (non-hydrogen) atoms. The van der Waals surface area contributed by atoms with E-state index < -0.39 is 21.8 Å². The predicted octanol–water partition coefficient (Wildman–Crippen LogP) is 12.5. The van der Waals surface area contributed by atoms with Gasteiger partial charge in [-0.05, 0) is 61.4 Å². The number of ether oxygens (including phenoxy) is 4. The van der Waals surface area contributed by atoms with Crippen LogP contribution in [-0.2, 0) is 0 Å². The Morgan fingerprint density at radius 3 is 1.07 bits per heavy atom. The van der Waals surface area contributed by atoms with Crippen molar-refractivity contribution in [2.75, 3.05) is 13.2 Å². The van der Waals surface area contributed by atoms with Crippen molar-refractivity contribution in [2.45, 2.75) is 142 Å². The van der Waals surface area contributed by atoms with Crippen LogP contribution in [-0.4, -0.2) is 35.0 Å². The number of unbranched alkanes of at least 4 members (excludes halogenated alkanes) is 18. The molecule has 3 aromatic carbocycles. The second-order valence-corrected chi connectivity index (χ2v) is 14.2. The van der Waals surface area contributed by atoms with E-state index in [2.05, 4.69) is 13.8 Å². The minimum absolute atomic E-state index is 0.0315. The number of carbonyl (C=O) groups excluding carboxylic acids is 2. The highest BCUT2D eigenvalue weighted by molar-refractivity contribution is 5.93. The van der Waals surface area contributed by atoms with Gasteiger partial charge in [0.05, 0.1) is 34.2 Å². The fourth-order valence-corrected chi connectivity index (χ4v) is 6.27. The fraction of sp³-hybridized carbons (Fsp3) is 0.545. The van der Waals surface area contributed by atoms with Crippen LogP contribution in [0.4, 0.5) is 11.4 Å². The van der Waals surface area contributed by atoms with Crippen LogP contribution in [0.2, 0.25) is 0 Å². The fourth-order valence-electron chi connectivity index (χ4n) is 6.27. The monoisotopic (exact) mass is 776 g/mol. The van der Waals surface area contributed by atoms with Crippen LogP contribution >= 0.6 is 0 Å². The molecule has 0 atom stereocenters. The summed E-state index contributed by atoms with van der Waals surface area (Å²) in [6, 6.07) is 13.4. The predicted molar refractivity (Wildman–Crippen MR) is 217 cm³/mol. The van der Waals surface area contributed by atoms with E-state index in [9.17, 15) is 29.8 Å². The molecule has 0 aliphatic carbocycles. The molecule has 0 bridgehead atoms. The van der Waals surface area contributed by atoms with Crippen LogP contribution < -0.4 is 18.9 Å². The van der Waals surface area contributed by atoms with Gasteiger partial charge in [-0.1, -0.05) is 129 Å². The van der Waals surface area contributed by atoms with Crippen LogP contribution in [0.1, 0.15) is 163 Å². The molecule has 0 aliphatic heterocycles. The molecule has 12 heteroatoms. The Labute approximate surface area is 331 Å². The molecule has 0 heterocycles. The number of carbonyl (C=O) groups is 2. The van der Waals surface area contributed by atoms with E-state index in [1.807, 2.05) is 0 Å². The summed E-state index contributed by atoms with van der Waals surface area (Å²) in [6.07, 6.45) is 23.3. The largest absolute Gasteiger partial charge is 0.487 e. The maximum absolute atomic E-state index is 12.9.